The molecular weight excluding hydrogens is 386 g/mol. The van der Waals surface area contributed by atoms with E-state index >= 15 is 0 Å². The van der Waals surface area contributed by atoms with Crippen molar-refractivity contribution in [2.24, 2.45) is 11.8 Å². The molecule has 3 aliphatic rings. The number of anilines is 1. The fourth-order valence-electron chi connectivity index (χ4n) is 6.07. The fraction of sp³-hybridized carbons (Fsp3) is 0.560. The maximum absolute atomic E-state index is 12.4. The molecule has 4 atom stereocenters. The van der Waals surface area contributed by atoms with Crippen LogP contribution in [0.4, 0.5) is 5.82 Å². The first-order chi connectivity index (χ1) is 15.1. The average molecular weight is 420 g/mol. The highest BCUT2D eigenvalue weighted by molar-refractivity contribution is 5.91. The predicted octanol–water partition coefficient (Wildman–Crippen LogP) is 3.10. The third-order valence-corrected chi connectivity index (χ3v) is 7.48. The van der Waals surface area contributed by atoms with Crippen LogP contribution in [0.25, 0.3) is 0 Å². The zero-order chi connectivity index (χ0) is 21.4. The van der Waals surface area contributed by atoms with Crippen LogP contribution in [0.5, 0.6) is 0 Å². The standard InChI is InChI=1S/C25H33N5O/c1-28(2)25(31)21-14-26-15-24(27-21)29-16-19-13-20(17-29)23(12-18-8-4-3-5-9-18)30-11-7-6-10-22(19)30/h3-5,8-9,14-15,19-20,22-23H,6-7,10-13,16-17H2,1-2H3/t19-,20+,22+,23+/m1/s1. The molecule has 1 amide bonds. The average Bonchev–Trinajstić information content (AvgIpc) is 2.82. The van der Waals surface area contributed by atoms with Crippen LogP contribution in [0.3, 0.4) is 0 Å². The van der Waals surface area contributed by atoms with E-state index in [0.717, 1.165) is 25.3 Å². The smallest absolute Gasteiger partial charge is 0.273 e. The molecule has 31 heavy (non-hydrogen) atoms. The summed E-state index contributed by atoms with van der Waals surface area (Å²) >= 11 is 0. The molecule has 0 aliphatic carbocycles. The number of fused-ring (bicyclic) bond motifs is 4. The summed E-state index contributed by atoms with van der Waals surface area (Å²) in [6, 6.07) is 12.2. The number of nitrogens with zero attached hydrogens (tertiary/aromatic N) is 5. The number of benzene rings is 1. The normalized spacial score (nSPS) is 28.1. The maximum atomic E-state index is 12.4. The van der Waals surface area contributed by atoms with Gasteiger partial charge in [-0.1, -0.05) is 36.8 Å². The van der Waals surface area contributed by atoms with E-state index in [1.807, 2.05) is 6.20 Å². The largest absolute Gasteiger partial charge is 0.355 e. The third kappa shape index (κ3) is 4.05. The van der Waals surface area contributed by atoms with Gasteiger partial charge in [0.25, 0.3) is 5.91 Å². The molecule has 0 unspecified atom stereocenters. The Morgan fingerprint density at radius 2 is 1.90 bits per heavy atom. The minimum absolute atomic E-state index is 0.0908. The van der Waals surface area contributed by atoms with Crippen LogP contribution in [0.15, 0.2) is 42.7 Å². The number of piperidine rings is 3. The summed E-state index contributed by atoms with van der Waals surface area (Å²) in [7, 11) is 3.52. The van der Waals surface area contributed by atoms with Crippen LogP contribution < -0.4 is 4.90 Å². The molecule has 6 heteroatoms. The Labute approximate surface area is 185 Å². The van der Waals surface area contributed by atoms with Gasteiger partial charge >= 0.3 is 0 Å². The lowest BCUT2D eigenvalue weighted by Crippen LogP contribution is -2.64. The van der Waals surface area contributed by atoms with Crippen LogP contribution in [0.1, 0.15) is 41.7 Å². The molecule has 0 saturated carbocycles. The number of hydrogen-bond acceptors (Lipinski definition) is 5. The van der Waals surface area contributed by atoms with Gasteiger partial charge in [0, 0.05) is 39.3 Å². The molecule has 6 nitrogen and oxygen atoms in total. The Kier molecular flexibility index (Phi) is 5.65. The summed E-state index contributed by atoms with van der Waals surface area (Å²) in [4.78, 5) is 28.3. The second-order valence-corrected chi connectivity index (χ2v) is 9.68. The van der Waals surface area contributed by atoms with Crippen molar-refractivity contribution in [2.45, 2.75) is 44.2 Å². The SMILES string of the molecule is CN(C)C(=O)c1cncc(N2C[C@H]3C[C@@H](C2)[C@H](Cc2ccccc2)N2CCCC[C@@H]32)n1. The van der Waals surface area contributed by atoms with Gasteiger partial charge in [-0.3, -0.25) is 14.7 Å². The van der Waals surface area contributed by atoms with Crippen LogP contribution >= 0.6 is 0 Å². The van der Waals surface area contributed by atoms with Crippen molar-refractivity contribution in [3.05, 3.63) is 54.0 Å². The molecule has 5 rings (SSSR count). The molecule has 0 radical (unpaired) electrons. The minimum atomic E-state index is -0.0908. The molecule has 3 fully saturated rings. The highest BCUT2D eigenvalue weighted by atomic mass is 16.2. The molecule has 0 N–H and O–H groups in total. The van der Waals surface area contributed by atoms with Gasteiger partial charge in [0.15, 0.2) is 0 Å². The Hall–Kier alpha value is -2.47. The molecule has 4 heterocycles. The number of hydrogen-bond donors (Lipinski definition) is 0. The van der Waals surface area contributed by atoms with Crippen LogP contribution in [0.2, 0.25) is 0 Å². The number of carbonyl (C=O) groups excluding carboxylic acids is 1. The van der Waals surface area contributed by atoms with Crippen LogP contribution in [-0.4, -0.2) is 71.5 Å². The van der Waals surface area contributed by atoms with E-state index in [1.54, 1.807) is 25.2 Å². The van der Waals surface area contributed by atoms with Gasteiger partial charge in [-0.05, 0) is 49.6 Å². The lowest BCUT2D eigenvalue weighted by atomic mass is 9.71. The first-order valence-corrected chi connectivity index (χ1v) is 11.7. The Bertz CT molecular complexity index is 917. The van der Waals surface area contributed by atoms with E-state index in [9.17, 15) is 4.79 Å². The van der Waals surface area contributed by atoms with Gasteiger partial charge in [0.1, 0.15) is 11.5 Å². The van der Waals surface area contributed by atoms with Gasteiger partial charge in [-0.2, -0.15) is 0 Å². The highest BCUT2D eigenvalue weighted by Gasteiger charge is 2.47. The van der Waals surface area contributed by atoms with Gasteiger partial charge in [0.05, 0.1) is 12.4 Å². The zero-order valence-corrected chi connectivity index (χ0v) is 18.7. The van der Waals surface area contributed by atoms with Crippen molar-refractivity contribution in [1.82, 2.24) is 19.8 Å². The van der Waals surface area contributed by atoms with E-state index < -0.39 is 0 Å². The molecule has 3 saturated heterocycles. The Morgan fingerprint density at radius 3 is 2.71 bits per heavy atom. The van der Waals surface area contributed by atoms with Crippen molar-refractivity contribution >= 4 is 11.7 Å². The molecular formula is C25H33N5O. The Morgan fingerprint density at radius 1 is 1.10 bits per heavy atom. The summed E-state index contributed by atoms with van der Waals surface area (Å²) in [5, 5.41) is 0. The molecule has 2 bridgehead atoms. The van der Waals surface area contributed by atoms with Gasteiger partial charge in [-0.25, -0.2) is 4.98 Å². The number of carbonyl (C=O) groups is 1. The minimum Gasteiger partial charge on any atom is -0.355 e. The van der Waals surface area contributed by atoms with E-state index in [-0.39, 0.29) is 5.91 Å². The summed E-state index contributed by atoms with van der Waals surface area (Å²) in [6.45, 7) is 3.25. The molecule has 3 aliphatic heterocycles. The van der Waals surface area contributed by atoms with Crippen molar-refractivity contribution in [2.75, 3.05) is 38.6 Å². The third-order valence-electron chi connectivity index (χ3n) is 7.48. The topological polar surface area (TPSA) is 52.6 Å². The fourth-order valence-corrected chi connectivity index (χ4v) is 6.07. The van der Waals surface area contributed by atoms with Crippen molar-refractivity contribution in [3.63, 3.8) is 0 Å². The van der Waals surface area contributed by atoms with E-state index in [1.165, 1.54) is 37.8 Å². The lowest BCUT2D eigenvalue weighted by molar-refractivity contribution is -0.0318. The maximum Gasteiger partial charge on any atom is 0.273 e. The summed E-state index contributed by atoms with van der Waals surface area (Å²) in [5.74, 6) is 2.04. The molecule has 1 aromatic heterocycles. The first kappa shape index (κ1) is 20.4. The number of aromatic nitrogens is 2. The Balaban J connectivity index is 1.42. The van der Waals surface area contributed by atoms with Crippen LogP contribution in [-0.2, 0) is 6.42 Å². The van der Waals surface area contributed by atoms with Gasteiger partial charge in [0.2, 0.25) is 0 Å². The molecule has 2 aromatic rings. The second-order valence-electron chi connectivity index (χ2n) is 9.68. The summed E-state index contributed by atoms with van der Waals surface area (Å²) < 4.78 is 0. The number of amides is 1. The quantitative estimate of drug-likeness (QED) is 0.762. The highest BCUT2D eigenvalue weighted by Crippen LogP contribution is 2.42. The van der Waals surface area contributed by atoms with E-state index in [4.69, 9.17) is 4.98 Å². The first-order valence-electron chi connectivity index (χ1n) is 11.7. The van der Waals surface area contributed by atoms with Crippen molar-refractivity contribution in [3.8, 4) is 0 Å². The lowest BCUT2D eigenvalue weighted by Gasteiger charge is -2.57. The van der Waals surface area contributed by atoms with E-state index in [2.05, 4.69) is 45.1 Å². The molecule has 164 valence electrons. The van der Waals surface area contributed by atoms with Gasteiger partial charge < -0.3 is 9.80 Å². The van der Waals surface area contributed by atoms with Gasteiger partial charge in [-0.15, -0.1) is 0 Å². The number of rotatable bonds is 4. The predicted molar refractivity (Wildman–Crippen MR) is 122 cm³/mol. The van der Waals surface area contributed by atoms with Crippen molar-refractivity contribution < 1.29 is 4.79 Å². The van der Waals surface area contributed by atoms with Crippen molar-refractivity contribution in [1.29, 1.82) is 0 Å². The van der Waals surface area contributed by atoms with E-state index in [0.29, 0.717) is 29.6 Å². The second kappa shape index (κ2) is 8.58. The van der Waals surface area contributed by atoms with Crippen LogP contribution in [0, 0.1) is 11.8 Å². The monoisotopic (exact) mass is 419 g/mol. The summed E-state index contributed by atoms with van der Waals surface area (Å²) in [5.41, 5.74) is 1.86. The molecule has 1 aromatic carbocycles. The molecule has 0 spiro atoms. The summed E-state index contributed by atoms with van der Waals surface area (Å²) in [6.07, 6.45) is 9.81. The zero-order valence-electron chi connectivity index (χ0n) is 18.7.